The second-order valence-electron chi connectivity index (χ2n) is 11.7. The molecule has 4 aliphatic rings. The summed E-state index contributed by atoms with van der Waals surface area (Å²) in [5.41, 5.74) is -6.00. The van der Waals surface area contributed by atoms with E-state index in [1.807, 2.05) is 0 Å². The van der Waals surface area contributed by atoms with Gasteiger partial charge < -0.3 is 30.2 Å². The van der Waals surface area contributed by atoms with Gasteiger partial charge in [-0.15, -0.1) is 0 Å². The van der Waals surface area contributed by atoms with Crippen molar-refractivity contribution in [2.45, 2.75) is 41.2 Å². The van der Waals surface area contributed by atoms with E-state index in [2.05, 4.69) is 35.8 Å². The van der Waals surface area contributed by atoms with Gasteiger partial charge in [-0.2, -0.15) is 13.2 Å². The van der Waals surface area contributed by atoms with Crippen LogP contribution < -0.4 is 25.4 Å². The molecule has 256 valence electrons. The largest absolute Gasteiger partial charge is 0.501 e. The first-order valence-corrected chi connectivity index (χ1v) is 16.4. The Morgan fingerprint density at radius 1 is 1.00 bits per heavy atom. The van der Waals surface area contributed by atoms with Crippen LogP contribution in [0.4, 0.5) is 30.4 Å². The van der Waals surface area contributed by atoms with Gasteiger partial charge in [0, 0.05) is 36.4 Å². The first kappa shape index (κ1) is 33.4. The predicted octanol–water partition coefficient (Wildman–Crippen LogP) is 3.35. The Balaban J connectivity index is 1.24. The lowest BCUT2D eigenvalue weighted by Gasteiger charge is -2.49. The molecule has 3 heterocycles. The van der Waals surface area contributed by atoms with Gasteiger partial charge in [-0.25, -0.2) is 23.4 Å². The van der Waals surface area contributed by atoms with Crippen molar-refractivity contribution in [1.82, 2.24) is 19.9 Å². The first-order valence-electron chi connectivity index (χ1n) is 14.9. The highest BCUT2D eigenvalue weighted by Gasteiger charge is 2.59. The van der Waals surface area contributed by atoms with Gasteiger partial charge in [-0.05, 0) is 43.4 Å². The number of nitrogens with one attached hydrogen (secondary N) is 3. The fourth-order valence-corrected chi connectivity index (χ4v) is 7.45. The van der Waals surface area contributed by atoms with E-state index in [-0.39, 0.29) is 51.7 Å². The van der Waals surface area contributed by atoms with Crippen LogP contribution in [-0.4, -0.2) is 97.7 Å². The van der Waals surface area contributed by atoms with Crippen molar-refractivity contribution in [3.8, 4) is 11.8 Å². The number of methoxy groups -OCH3 is 2. The van der Waals surface area contributed by atoms with E-state index in [1.54, 1.807) is 0 Å². The highest BCUT2D eigenvalue weighted by atomic mass is 32.2. The normalized spacial score (nSPS) is 22.4. The highest BCUT2D eigenvalue weighted by molar-refractivity contribution is 7.92. The number of alkyl halides is 3. The molecule has 3 aromatic rings. The minimum absolute atomic E-state index is 0.0102. The second kappa shape index (κ2) is 12.8. The molecule has 2 aromatic heterocycles. The number of carbonyl (C=O) groups excluding carboxylic acids is 2. The topological polar surface area (TPSA) is 174 Å². The molecule has 1 aliphatic heterocycles. The fourth-order valence-electron chi connectivity index (χ4n) is 6.64. The summed E-state index contributed by atoms with van der Waals surface area (Å²) in [7, 11) is -3.02. The Hall–Kier alpha value is -4.55. The number of morpholine rings is 1. The van der Waals surface area contributed by atoms with Crippen LogP contribution in [-0.2, 0) is 14.6 Å². The van der Waals surface area contributed by atoms with E-state index in [1.165, 1.54) is 32.7 Å². The molecule has 1 saturated heterocycles. The zero-order valence-corrected chi connectivity index (χ0v) is 26.7. The molecule has 1 atom stereocenters. The van der Waals surface area contributed by atoms with Gasteiger partial charge in [-0.1, -0.05) is 6.07 Å². The summed E-state index contributed by atoms with van der Waals surface area (Å²) in [6, 6.07) is 4.95. The molecule has 0 radical (unpaired) electrons. The second-order valence-corrected chi connectivity index (χ2v) is 13.7. The number of hydrogen-bond acceptors (Lipinski definition) is 12. The van der Waals surface area contributed by atoms with Gasteiger partial charge in [0.25, 0.3) is 21.7 Å². The molecule has 2 bridgehead atoms. The lowest BCUT2D eigenvalue weighted by atomic mass is 9.75. The summed E-state index contributed by atoms with van der Waals surface area (Å²) >= 11 is 0. The summed E-state index contributed by atoms with van der Waals surface area (Å²) < 4.78 is 79.2. The Labute approximate surface area is 273 Å². The molecule has 1 aromatic carbocycles. The quantitative estimate of drug-likeness (QED) is 0.283. The Morgan fingerprint density at radius 3 is 2.44 bits per heavy atom. The Kier molecular flexibility index (Phi) is 8.90. The zero-order chi connectivity index (χ0) is 34.3. The maximum atomic E-state index is 13.8. The summed E-state index contributed by atoms with van der Waals surface area (Å²) in [4.78, 5) is 41.2. The lowest BCUT2D eigenvalue weighted by Crippen LogP contribution is -2.56. The number of carbonyl (C=O) groups is 2. The van der Waals surface area contributed by atoms with Gasteiger partial charge in [0.2, 0.25) is 11.8 Å². The van der Waals surface area contributed by atoms with Crippen LogP contribution in [0.2, 0.25) is 0 Å². The van der Waals surface area contributed by atoms with Crippen molar-refractivity contribution in [2.24, 2.45) is 5.92 Å². The number of aromatic nitrogens is 3. The van der Waals surface area contributed by atoms with Crippen molar-refractivity contribution in [3.05, 3.63) is 54.0 Å². The molecule has 0 unspecified atom stereocenters. The van der Waals surface area contributed by atoms with Crippen LogP contribution in [0.1, 0.15) is 40.0 Å². The number of ether oxygens (including phenoxy) is 3. The van der Waals surface area contributed by atoms with E-state index in [0.29, 0.717) is 25.2 Å². The van der Waals surface area contributed by atoms with Crippen LogP contribution in [0.15, 0.2) is 47.8 Å². The maximum absolute atomic E-state index is 13.8. The molecule has 4 fully saturated rings. The molecule has 7 rings (SSSR count). The van der Waals surface area contributed by atoms with Gasteiger partial charge in [-0.3, -0.25) is 14.5 Å². The van der Waals surface area contributed by atoms with Crippen molar-refractivity contribution in [2.75, 3.05) is 56.5 Å². The molecule has 2 amide bonds. The van der Waals surface area contributed by atoms with E-state index in [4.69, 9.17) is 14.2 Å². The molecule has 0 spiro atoms. The van der Waals surface area contributed by atoms with Crippen molar-refractivity contribution < 1.29 is 45.4 Å². The van der Waals surface area contributed by atoms with E-state index >= 15 is 0 Å². The molecule has 18 heteroatoms. The van der Waals surface area contributed by atoms with Crippen molar-refractivity contribution >= 4 is 38.8 Å². The molecule has 3 N–H and O–H groups in total. The maximum Gasteiger partial charge on any atom is 0.501 e. The minimum Gasteiger partial charge on any atom is -0.481 e. The number of anilines is 3. The monoisotopic (exact) mass is 691 g/mol. The number of hydrogen-bond donors (Lipinski definition) is 3. The third-order valence-corrected chi connectivity index (χ3v) is 10.5. The van der Waals surface area contributed by atoms with E-state index in [0.717, 1.165) is 50.7 Å². The SMILES string of the molecule is COc1cc(C(=O)Nc2cccc(S(=O)(=O)C(F)(F)F)c2)c(NC(=O)c2c(N[C@@H]3CC4(N5CCOCC5)CC3C4)ncnc2OC)cn1. The molecule has 14 nitrogen and oxygen atoms in total. The summed E-state index contributed by atoms with van der Waals surface area (Å²) in [5, 5.41) is 8.44. The summed E-state index contributed by atoms with van der Waals surface area (Å²) in [6.45, 7) is 3.14. The Bertz CT molecular complexity index is 1830. The third-order valence-electron chi connectivity index (χ3n) is 8.98. The molecular weight excluding hydrogens is 659 g/mol. The van der Waals surface area contributed by atoms with E-state index < -0.39 is 32.1 Å². The number of fused-ring (bicyclic) bond motifs is 1. The van der Waals surface area contributed by atoms with E-state index in [9.17, 15) is 31.2 Å². The standard InChI is InChI=1S/C30H32F3N7O7S/c1-45-23-11-20(26(41)37-18-4-3-5-19(10-18)48(43,44)30(31,32)33)22(15-34-23)39-27(42)24-25(35-16-36-28(24)46-2)38-21-14-29(12-17(21)13-29)40-6-8-47-9-7-40/h3-5,10-11,15-17,21H,6-9,12-14H2,1-2H3,(H,37,41)(H,39,42)(H,35,36,38)/t17?,21-,29?/m1/s1. The number of amides is 2. The predicted molar refractivity (Wildman–Crippen MR) is 165 cm³/mol. The van der Waals surface area contributed by atoms with Gasteiger partial charge in [0.15, 0.2) is 0 Å². The van der Waals surface area contributed by atoms with Crippen LogP contribution in [0.5, 0.6) is 11.8 Å². The molecular formula is C30H32F3N7O7S. The van der Waals surface area contributed by atoms with Gasteiger partial charge in [0.1, 0.15) is 17.7 Å². The minimum atomic E-state index is -5.67. The van der Waals surface area contributed by atoms with Gasteiger partial charge >= 0.3 is 5.51 Å². The van der Waals surface area contributed by atoms with Crippen molar-refractivity contribution in [3.63, 3.8) is 0 Å². The van der Waals surface area contributed by atoms with Crippen LogP contribution >= 0.6 is 0 Å². The van der Waals surface area contributed by atoms with Crippen LogP contribution in [0.25, 0.3) is 0 Å². The molecule has 3 saturated carbocycles. The zero-order valence-electron chi connectivity index (χ0n) is 25.8. The Morgan fingerprint density at radius 2 is 1.75 bits per heavy atom. The first-order chi connectivity index (χ1) is 22.8. The summed E-state index contributed by atoms with van der Waals surface area (Å²) in [6.07, 6.45) is 5.35. The fraction of sp³-hybridized carbons (Fsp3) is 0.433. The average molecular weight is 692 g/mol. The number of nitrogens with zero attached hydrogens (tertiary/aromatic N) is 4. The molecule has 3 aliphatic carbocycles. The van der Waals surface area contributed by atoms with Crippen LogP contribution in [0, 0.1) is 5.92 Å². The average Bonchev–Trinajstić information content (AvgIpc) is 3.60. The summed E-state index contributed by atoms with van der Waals surface area (Å²) in [5.74, 6) is -1.04. The number of rotatable bonds is 10. The lowest BCUT2D eigenvalue weighted by molar-refractivity contribution is -0.0493. The third kappa shape index (κ3) is 6.22. The number of halogens is 3. The number of sulfone groups is 1. The van der Waals surface area contributed by atoms with Crippen LogP contribution in [0.3, 0.4) is 0 Å². The van der Waals surface area contributed by atoms with Crippen molar-refractivity contribution in [1.29, 1.82) is 0 Å². The van der Waals surface area contributed by atoms with Gasteiger partial charge in [0.05, 0.1) is 49.8 Å². The highest BCUT2D eigenvalue weighted by Crippen LogP contribution is 2.56. The smallest absolute Gasteiger partial charge is 0.481 e. The number of pyridine rings is 1. The molecule has 48 heavy (non-hydrogen) atoms. The number of benzene rings is 1.